The van der Waals surface area contributed by atoms with Gasteiger partial charge in [0.15, 0.2) is 6.61 Å². The summed E-state index contributed by atoms with van der Waals surface area (Å²) in [6, 6.07) is 6.60. The molecule has 0 unspecified atom stereocenters. The summed E-state index contributed by atoms with van der Waals surface area (Å²) in [4.78, 5) is 23.5. The second-order valence-corrected chi connectivity index (χ2v) is 4.21. The number of rotatable bonds is 4. The maximum atomic E-state index is 11.8. The van der Waals surface area contributed by atoms with Crippen molar-refractivity contribution in [3.63, 3.8) is 0 Å². The highest BCUT2D eigenvalue weighted by Crippen LogP contribution is 2.17. The van der Waals surface area contributed by atoms with E-state index < -0.39 is 18.4 Å². The zero-order valence-electron chi connectivity index (χ0n) is 11.3. The lowest BCUT2D eigenvalue weighted by Gasteiger charge is -2.08. The van der Waals surface area contributed by atoms with E-state index in [0.29, 0.717) is 5.69 Å². The van der Waals surface area contributed by atoms with Crippen molar-refractivity contribution in [2.24, 2.45) is 5.73 Å². The molecule has 0 aliphatic carbocycles. The van der Waals surface area contributed by atoms with Crippen LogP contribution < -0.4 is 11.5 Å². The zero-order valence-corrected chi connectivity index (χ0v) is 11.3. The number of aryl methyl sites for hydroxylation is 1. The molecule has 0 aliphatic rings. The average Bonchev–Trinajstić information content (AvgIpc) is 2.39. The Hall–Kier alpha value is -2.81. The molecule has 0 radical (unpaired) electrons. The van der Waals surface area contributed by atoms with Crippen LogP contribution in [0.4, 0.5) is 5.69 Å². The van der Waals surface area contributed by atoms with E-state index in [1.165, 1.54) is 13.0 Å². The van der Waals surface area contributed by atoms with Crippen molar-refractivity contribution < 1.29 is 14.3 Å². The minimum atomic E-state index is -0.716. The Morgan fingerprint density at radius 2 is 2.05 bits per heavy atom. The maximum absolute atomic E-state index is 11.8. The summed E-state index contributed by atoms with van der Waals surface area (Å²) >= 11 is 0. The fourth-order valence-corrected chi connectivity index (χ4v) is 1.51. The highest BCUT2D eigenvalue weighted by Gasteiger charge is 2.17. The number of Topliss-reactive ketones (excluding diaryl/α,β-unsaturated/α-hetero) is 1. The molecule has 0 fully saturated rings. The summed E-state index contributed by atoms with van der Waals surface area (Å²) in [7, 11) is 0. The van der Waals surface area contributed by atoms with Gasteiger partial charge in [0.1, 0.15) is 11.6 Å². The van der Waals surface area contributed by atoms with E-state index in [0.717, 1.165) is 5.56 Å². The van der Waals surface area contributed by atoms with E-state index in [9.17, 15) is 9.59 Å². The molecule has 1 aromatic carbocycles. The normalized spacial score (nSPS) is 11.2. The molecule has 0 spiro atoms. The van der Waals surface area contributed by atoms with Crippen molar-refractivity contribution in [2.45, 2.75) is 13.8 Å². The molecule has 0 saturated carbocycles. The topological polar surface area (TPSA) is 119 Å². The number of benzene rings is 1. The third-order valence-corrected chi connectivity index (χ3v) is 2.66. The highest BCUT2D eigenvalue weighted by molar-refractivity contribution is 6.03. The molecule has 0 aliphatic heterocycles. The van der Waals surface area contributed by atoms with Crippen LogP contribution in [0.1, 0.15) is 22.8 Å². The summed E-state index contributed by atoms with van der Waals surface area (Å²) < 4.78 is 4.85. The molecule has 1 rings (SSSR count). The molecule has 0 bridgehead atoms. The van der Waals surface area contributed by atoms with Crippen molar-refractivity contribution in [2.75, 3.05) is 12.3 Å². The van der Waals surface area contributed by atoms with Gasteiger partial charge in [-0.3, -0.25) is 4.79 Å². The lowest BCUT2D eigenvalue weighted by atomic mass is 10.1. The molecule has 20 heavy (non-hydrogen) atoms. The largest absolute Gasteiger partial charge is 0.454 e. The summed E-state index contributed by atoms with van der Waals surface area (Å²) in [6.07, 6.45) is 0. The molecule has 4 N–H and O–H groups in total. The van der Waals surface area contributed by atoms with Crippen LogP contribution in [-0.4, -0.2) is 18.4 Å². The number of ether oxygens (including phenoxy) is 1. The lowest BCUT2D eigenvalue weighted by molar-refractivity contribution is -0.118. The summed E-state index contributed by atoms with van der Waals surface area (Å²) in [5, 5.41) is 8.76. The van der Waals surface area contributed by atoms with Gasteiger partial charge in [-0.2, -0.15) is 5.26 Å². The van der Waals surface area contributed by atoms with Gasteiger partial charge in [0.2, 0.25) is 5.78 Å². The van der Waals surface area contributed by atoms with Crippen LogP contribution in [-0.2, 0) is 9.53 Å². The Labute approximate surface area is 116 Å². The van der Waals surface area contributed by atoms with Crippen LogP contribution >= 0.6 is 0 Å². The van der Waals surface area contributed by atoms with Crippen LogP contribution in [0, 0.1) is 18.3 Å². The van der Waals surface area contributed by atoms with Crippen molar-refractivity contribution >= 4 is 17.4 Å². The number of nitrogens with zero attached hydrogens (tertiary/aromatic N) is 1. The average molecular weight is 273 g/mol. The quantitative estimate of drug-likeness (QED) is 0.366. The molecular formula is C14H15N3O3. The summed E-state index contributed by atoms with van der Waals surface area (Å²) in [6.45, 7) is 2.63. The number of hydrogen-bond donors (Lipinski definition) is 2. The lowest BCUT2D eigenvalue weighted by Crippen LogP contribution is -2.18. The first kappa shape index (κ1) is 15.2. The Kier molecular flexibility index (Phi) is 4.87. The first-order chi connectivity index (χ1) is 9.38. The van der Waals surface area contributed by atoms with Crippen LogP contribution in [0.15, 0.2) is 29.5 Å². The van der Waals surface area contributed by atoms with E-state index in [4.69, 9.17) is 21.5 Å². The third kappa shape index (κ3) is 3.36. The second-order valence-electron chi connectivity index (χ2n) is 4.21. The van der Waals surface area contributed by atoms with Gasteiger partial charge in [-0.15, -0.1) is 0 Å². The van der Waals surface area contributed by atoms with Gasteiger partial charge in [0.05, 0.1) is 5.56 Å². The molecule has 0 heterocycles. The summed E-state index contributed by atoms with van der Waals surface area (Å²) in [5.74, 6) is -1.36. The van der Waals surface area contributed by atoms with Gasteiger partial charge in [0, 0.05) is 11.4 Å². The number of nitrogens with two attached hydrogens (primary N) is 2. The Morgan fingerprint density at radius 1 is 1.40 bits per heavy atom. The smallest absolute Gasteiger partial charge is 0.340 e. The predicted octanol–water partition coefficient (Wildman–Crippen LogP) is 1.06. The fraction of sp³-hybridized carbons (Fsp3) is 0.214. The zero-order chi connectivity index (χ0) is 15.3. The first-order valence-corrected chi connectivity index (χ1v) is 5.80. The SMILES string of the molecule is C/C(N)=C(/C#N)C(=O)COC(=O)c1cccc(C)c1N. The Bertz CT molecular complexity index is 623. The molecule has 104 valence electrons. The van der Waals surface area contributed by atoms with Crippen LogP contribution in [0.25, 0.3) is 0 Å². The number of esters is 1. The first-order valence-electron chi connectivity index (χ1n) is 5.80. The number of nitriles is 1. The molecule has 0 atom stereocenters. The van der Waals surface area contributed by atoms with E-state index in [1.54, 1.807) is 25.1 Å². The minimum absolute atomic E-state index is 0.0867. The van der Waals surface area contributed by atoms with Crippen molar-refractivity contribution in [3.05, 3.63) is 40.6 Å². The van der Waals surface area contributed by atoms with E-state index >= 15 is 0 Å². The maximum Gasteiger partial charge on any atom is 0.340 e. The monoisotopic (exact) mass is 273 g/mol. The van der Waals surface area contributed by atoms with E-state index in [-0.39, 0.29) is 16.8 Å². The highest BCUT2D eigenvalue weighted by atomic mass is 16.5. The number of anilines is 1. The van der Waals surface area contributed by atoms with Gasteiger partial charge in [0.25, 0.3) is 0 Å². The number of carbonyl (C=O) groups excluding carboxylic acids is 2. The third-order valence-electron chi connectivity index (χ3n) is 2.66. The van der Waals surface area contributed by atoms with E-state index in [2.05, 4.69) is 0 Å². The van der Waals surface area contributed by atoms with Crippen LogP contribution in [0.5, 0.6) is 0 Å². The fourth-order valence-electron chi connectivity index (χ4n) is 1.51. The van der Waals surface area contributed by atoms with Crippen molar-refractivity contribution in [1.82, 2.24) is 0 Å². The molecule has 0 saturated heterocycles. The number of carbonyl (C=O) groups is 2. The Morgan fingerprint density at radius 3 is 2.60 bits per heavy atom. The number of nitrogen functional groups attached to an aromatic ring is 1. The minimum Gasteiger partial charge on any atom is -0.454 e. The summed E-state index contributed by atoms with van der Waals surface area (Å²) in [5.41, 5.74) is 12.2. The van der Waals surface area contributed by atoms with E-state index in [1.807, 2.05) is 0 Å². The van der Waals surface area contributed by atoms with Crippen LogP contribution in [0.3, 0.4) is 0 Å². The molecule has 1 aromatic rings. The van der Waals surface area contributed by atoms with Crippen molar-refractivity contribution in [3.8, 4) is 6.07 Å². The van der Waals surface area contributed by atoms with Gasteiger partial charge >= 0.3 is 5.97 Å². The molecule has 0 amide bonds. The second kappa shape index (κ2) is 6.38. The molecule has 0 aromatic heterocycles. The predicted molar refractivity (Wildman–Crippen MR) is 73.4 cm³/mol. The number of hydrogen-bond acceptors (Lipinski definition) is 6. The Balaban J connectivity index is 2.79. The number of allylic oxidation sites excluding steroid dienone is 1. The molecule has 6 nitrogen and oxygen atoms in total. The number of para-hydroxylation sites is 1. The van der Waals surface area contributed by atoms with Gasteiger partial charge in [-0.05, 0) is 25.5 Å². The van der Waals surface area contributed by atoms with Gasteiger partial charge in [-0.25, -0.2) is 4.79 Å². The van der Waals surface area contributed by atoms with Crippen LogP contribution in [0.2, 0.25) is 0 Å². The molecule has 6 heteroatoms. The van der Waals surface area contributed by atoms with Crippen molar-refractivity contribution in [1.29, 1.82) is 5.26 Å². The van der Waals surface area contributed by atoms with Gasteiger partial charge < -0.3 is 16.2 Å². The standard InChI is InChI=1S/C14H15N3O3/c1-8-4-3-5-10(13(8)17)14(19)20-7-12(18)11(6-15)9(2)16/h3-5H,7,16-17H2,1-2H3/b11-9+. The molecular weight excluding hydrogens is 258 g/mol. The number of ketones is 1. The van der Waals surface area contributed by atoms with Gasteiger partial charge in [-0.1, -0.05) is 12.1 Å².